The van der Waals surface area contributed by atoms with Gasteiger partial charge in [0.1, 0.15) is 5.82 Å². The minimum Gasteiger partial charge on any atom is -0.308 e. The molecule has 0 atom stereocenters. The fraction of sp³-hybridized carbons (Fsp3) is 0.333. The molecule has 0 amide bonds. The van der Waals surface area contributed by atoms with Crippen molar-refractivity contribution in [3.05, 3.63) is 35.5 Å². The summed E-state index contributed by atoms with van der Waals surface area (Å²) in [5.41, 5.74) is 6.09. The summed E-state index contributed by atoms with van der Waals surface area (Å²) in [7, 11) is 0. The molecule has 1 heterocycles. The van der Waals surface area contributed by atoms with Crippen molar-refractivity contribution in [3.8, 4) is 11.4 Å². The van der Waals surface area contributed by atoms with Crippen LogP contribution in [0.3, 0.4) is 0 Å². The molecule has 0 aliphatic heterocycles. The van der Waals surface area contributed by atoms with Crippen molar-refractivity contribution < 1.29 is 0 Å². The van der Waals surface area contributed by atoms with Crippen molar-refractivity contribution in [1.29, 1.82) is 0 Å². The van der Waals surface area contributed by atoms with Gasteiger partial charge in [0.05, 0.1) is 0 Å². The van der Waals surface area contributed by atoms with Gasteiger partial charge in [0.2, 0.25) is 0 Å². The fourth-order valence-corrected chi connectivity index (χ4v) is 2.99. The normalized spacial score (nSPS) is 13.9. The van der Waals surface area contributed by atoms with Crippen molar-refractivity contribution in [2.45, 2.75) is 30.6 Å². The van der Waals surface area contributed by atoms with Crippen molar-refractivity contribution >= 4 is 17.6 Å². The Hall–Kier alpha value is -1.59. The Morgan fingerprint density at radius 1 is 1.10 bits per heavy atom. The van der Waals surface area contributed by atoms with Crippen LogP contribution in [0.5, 0.6) is 0 Å². The topological polar surface area (TPSA) is 63.8 Å². The third kappa shape index (κ3) is 2.51. The predicted octanol–water partition coefficient (Wildman–Crippen LogP) is 3.03. The van der Waals surface area contributed by atoms with Crippen molar-refractivity contribution in [3.63, 3.8) is 0 Å². The Morgan fingerprint density at radius 3 is 2.55 bits per heavy atom. The van der Waals surface area contributed by atoms with Crippen molar-refractivity contribution in [1.82, 2.24) is 9.97 Å². The number of anilines is 1. The van der Waals surface area contributed by atoms with Crippen LogP contribution < -0.4 is 11.3 Å². The van der Waals surface area contributed by atoms with E-state index >= 15 is 0 Å². The average Bonchev–Trinajstić information content (AvgIpc) is 2.54. The Kier molecular flexibility index (Phi) is 3.89. The minimum absolute atomic E-state index is 0.756. The number of nitrogen functional groups attached to an aromatic ring is 1. The molecule has 0 saturated carbocycles. The smallest absolute Gasteiger partial charge is 0.161 e. The molecule has 1 aromatic carbocycles. The maximum Gasteiger partial charge on any atom is 0.161 e. The summed E-state index contributed by atoms with van der Waals surface area (Å²) >= 11 is 1.73. The molecule has 1 aromatic heterocycles. The highest BCUT2D eigenvalue weighted by Gasteiger charge is 2.17. The first-order valence-corrected chi connectivity index (χ1v) is 8.05. The highest BCUT2D eigenvalue weighted by molar-refractivity contribution is 7.98. The van der Waals surface area contributed by atoms with Gasteiger partial charge in [0.25, 0.3) is 0 Å². The molecular weight excluding hydrogens is 268 g/mol. The maximum atomic E-state index is 5.62. The van der Waals surface area contributed by atoms with Gasteiger partial charge in [-0.15, -0.1) is 11.8 Å². The number of hydrazine groups is 1. The van der Waals surface area contributed by atoms with Gasteiger partial charge in [0.15, 0.2) is 5.82 Å². The predicted molar refractivity (Wildman–Crippen MR) is 83.7 cm³/mol. The molecule has 4 nitrogen and oxygen atoms in total. The number of thioether (sulfide) groups is 1. The second kappa shape index (κ2) is 5.81. The van der Waals surface area contributed by atoms with Crippen LogP contribution >= 0.6 is 11.8 Å². The maximum absolute atomic E-state index is 5.62. The molecule has 104 valence electrons. The quantitative estimate of drug-likeness (QED) is 0.516. The lowest BCUT2D eigenvalue weighted by atomic mass is 9.96. The lowest BCUT2D eigenvalue weighted by Gasteiger charge is -2.18. The molecular formula is C15H18N4S. The van der Waals surface area contributed by atoms with E-state index in [9.17, 15) is 0 Å². The van der Waals surface area contributed by atoms with E-state index < -0.39 is 0 Å². The zero-order valence-corrected chi connectivity index (χ0v) is 12.3. The van der Waals surface area contributed by atoms with Crippen LogP contribution in [0.2, 0.25) is 0 Å². The van der Waals surface area contributed by atoms with Crippen LogP contribution in [0.4, 0.5) is 5.82 Å². The van der Waals surface area contributed by atoms with E-state index in [-0.39, 0.29) is 0 Å². The van der Waals surface area contributed by atoms with Gasteiger partial charge in [-0.05, 0) is 44.1 Å². The molecule has 0 spiro atoms. The Morgan fingerprint density at radius 2 is 1.85 bits per heavy atom. The molecule has 3 N–H and O–H groups in total. The molecule has 20 heavy (non-hydrogen) atoms. The second-order valence-electron chi connectivity index (χ2n) is 4.90. The summed E-state index contributed by atoms with van der Waals surface area (Å²) in [4.78, 5) is 10.6. The van der Waals surface area contributed by atoms with E-state index in [1.165, 1.54) is 23.3 Å². The number of fused-ring (bicyclic) bond motifs is 1. The zero-order valence-electron chi connectivity index (χ0n) is 11.5. The first-order valence-electron chi connectivity index (χ1n) is 6.82. The lowest BCUT2D eigenvalue weighted by Crippen LogP contribution is -2.17. The van der Waals surface area contributed by atoms with Crippen LogP contribution in [0.25, 0.3) is 11.4 Å². The first-order chi connectivity index (χ1) is 9.81. The third-order valence-corrected chi connectivity index (χ3v) is 4.41. The standard InChI is InChI=1S/C15H18N4S/c1-20-11-8-6-10(7-9-11)14-17-13-5-3-2-4-12(13)15(18-14)19-16/h6-9H,2-5,16H2,1H3,(H,17,18,19). The SMILES string of the molecule is CSc1ccc(-c2nc3c(c(NN)n2)CCCC3)cc1. The molecule has 3 rings (SSSR count). The van der Waals surface area contributed by atoms with Crippen molar-refractivity contribution in [2.24, 2.45) is 5.84 Å². The first kappa shape index (κ1) is 13.4. The number of nitrogens with two attached hydrogens (primary N) is 1. The molecule has 5 heteroatoms. The summed E-state index contributed by atoms with van der Waals surface area (Å²) < 4.78 is 0. The number of nitrogens with one attached hydrogen (secondary N) is 1. The molecule has 0 saturated heterocycles. The van der Waals surface area contributed by atoms with E-state index in [1.807, 2.05) is 0 Å². The summed E-state index contributed by atoms with van der Waals surface area (Å²) in [6, 6.07) is 8.32. The van der Waals surface area contributed by atoms with Crippen LogP contribution in [0.1, 0.15) is 24.1 Å². The van der Waals surface area contributed by atoms with Gasteiger partial charge in [-0.25, -0.2) is 15.8 Å². The Labute approximate surface area is 123 Å². The van der Waals surface area contributed by atoms with Gasteiger partial charge in [-0.3, -0.25) is 0 Å². The monoisotopic (exact) mass is 286 g/mol. The molecule has 0 fully saturated rings. The summed E-state index contributed by atoms with van der Waals surface area (Å²) in [5.74, 6) is 7.16. The fourth-order valence-electron chi connectivity index (χ4n) is 2.58. The molecule has 1 aliphatic rings. The number of nitrogens with zero attached hydrogens (tertiary/aromatic N) is 2. The van der Waals surface area contributed by atoms with E-state index in [0.717, 1.165) is 35.7 Å². The summed E-state index contributed by atoms with van der Waals surface area (Å²) in [5, 5.41) is 0. The van der Waals surface area contributed by atoms with Gasteiger partial charge in [-0.2, -0.15) is 0 Å². The number of aromatic nitrogens is 2. The minimum atomic E-state index is 0.756. The van der Waals surface area contributed by atoms with Gasteiger partial charge in [-0.1, -0.05) is 12.1 Å². The highest BCUT2D eigenvalue weighted by atomic mass is 32.2. The molecule has 1 aliphatic carbocycles. The zero-order chi connectivity index (χ0) is 13.9. The largest absolute Gasteiger partial charge is 0.308 e. The Bertz CT molecular complexity index is 593. The summed E-state index contributed by atoms with van der Waals surface area (Å²) in [6.07, 6.45) is 6.48. The van der Waals surface area contributed by atoms with E-state index in [0.29, 0.717) is 0 Å². The number of aryl methyl sites for hydroxylation is 1. The number of benzene rings is 1. The summed E-state index contributed by atoms with van der Waals surface area (Å²) in [6.45, 7) is 0. The molecule has 0 unspecified atom stereocenters. The van der Waals surface area contributed by atoms with Crippen LogP contribution in [-0.4, -0.2) is 16.2 Å². The van der Waals surface area contributed by atoms with Crippen LogP contribution in [-0.2, 0) is 12.8 Å². The van der Waals surface area contributed by atoms with E-state index in [1.54, 1.807) is 11.8 Å². The van der Waals surface area contributed by atoms with E-state index in [4.69, 9.17) is 10.8 Å². The lowest BCUT2D eigenvalue weighted by molar-refractivity contribution is 0.665. The third-order valence-electron chi connectivity index (χ3n) is 3.67. The average molecular weight is 286 g/mol. The second-order valence-corrected chi connectivity index (χ2v) is 5.78. The van der Waals surface area contributed by atoms with Crippen molar-refractivity contribution in [2.75, 3.05) is 11.7 Å². The molecule has 0 bridgehead atoms. The highest BCUT2D eigenvalue weighted by Crippen LogP contribution is 2.28. The van der Waals surface area contributed by atoms with Crippen LogP contribution in [0.15, 0.2) is 29.2 Å². The van der Waals surface area contributed by atoms with E-state index in [2.05, 4.69) is 40.9 Å². The Balaban J connectivity index is 2.04. The number of hydrogen-bond acceptors (Lipinski definition) is 5. The van der Waals surface area contributed by atoms with Gasteiger partial charge in [0, 0.05) is 21.7 Å². The van der Waals surface area contributed by atoms with Gasteiger partial charge < -0.3 is 5.43 Å². The van der Waals surface area contributed by atoms with Crippen LogP contribution in [0, 0.1) is 0 Å². The molecule has 2 aromatic rings. The van der Waals surface area contributed by atoms with Gasteiger partial charge >= 0.3 is 0 Å². The number of hydrogen-bond donors (Lipinski definition) is 2. The molecule has 0 radical (unpaired) electrons. The number of rotatable bonds is 3.